The summed E-state index contributed by atoms with van der Waals surface area (Å²) < 4.78 is 38.2. The number of nitrogens with one attached hydrogen (secondary N) is 1. The van der Waals surface area contributed by atoms with Crippen molar-refractivity contribution in [2.45, 2.75) is 51.3 Å². The Hall–Kier alpha value is -5.01. The molecule has 3 aliphatic rings. The third kappa shape index (κ3) is 5.15. The topological polar surface area (TPSA) is 86.6 Å². The van der Waals surface area contributed by atoms with E-state index in [1.165, 1.54) is 37.1 Å². The minimum atomic E-state index is -0.626. The molecule has 10 heteroatoms. The van der Waals surface area contributed by atoms with Gasteiger partial charge >= 0.3 is 0 Å². The molecule has 8 nitrogen and oxygen atoms in total. The van der Waals surface area contributed by atoms with E-state index in [0.717, 1.165) is 50.4 Å². The van der Waals surface area contributed by atoms with Crippen molar-refractivity contribution in [2.24, 2.45) is 0 Å². The molecule has 2 atom stereocenters. The molecule has 2 aromatic carbocycles. The lowest BCUT2D eigenvalue weighted by molar-refractivity contribution is 0.287. The zero-order valence-corrected chi connectivity index (χ0v) is 26.1. The third-order valence-electron chi connectivity index (χ3n) is 9.77. The molecule has 238 valence electrons. The standard InChI is InChI=1S/C37H34F2N6O2/c1-3-28-31(38)11-6-22-14-27(46)15-29(33(22)28)35-34(39)32-21(2)37(47-20-25-9-10-26(16-40-25)44-12-4-5-13-44)43-36(30(32)17-41-35)45-18-23-7-8-24(19-45)42-23/h1,6,9-11,14-17,23-24,42,46H,4-5,7-8,12-13,18-20H2,2H3/t23-,24+. The van der Waals surface area contributed by atoms with Crippen molar-refractivity contribution in [2.75, 3.05) is 36.0 Å². The van der Waals surface area contributed by atoms with Crippen molar-refractivity contribution in [1.82, 2.24) is 20.3 Å². The number of hydrogen-bond donors (Lipinski definition) is 2. The van der Waals surface area contributed by atoms with Crippen LogP contribution in [0.1, 0.15) is 42.5 Å². The number of fused-ring (bicyclic) bond motifs is 4. The number of benzene rings is 2. The third-order valence-corrected chi connectivity index (χ3v) is 9.77. The summed E-state index contributed by atoms with van der Waals surface area (Å²) >= 11 is 0. The normalized spacial score (nSPS) is 19.1. The molecule has 0 saturated carbocycles. The maximum Gasteiger partial charge on any atom is 0.219 e. The number of anilines is 2. The second-order valence-corrected chi connectivity index (χ2v) is 12.8. The molecule has 6 heterocycles. The van der Waals surface area contributed by atoms with Crippen molar-refractivity contribution in [3.05, 3.63) is 77.2 Å². The summed E-state index contributed by atoms with van der Waals surface area (Å²) in [5, 5.41) is 15.9. The number of terminal acetylenes is 1. The van der Waals surface area contributed by atoms with Gasteiger partial charge in [-0.3, -0.25) is 9.97 Å². The zero-order chi connectivity index (χ0) is 32.2. The minimum Gasteiger partial charge on any atom is -0.508 e. The van der Waals surface area contributed by atoms with Gasteiger partial charge in [0.1, 0.15) is 29.7 Å². The highest BCUT2D eigenvalue weighted by molar-refractivity contribution is 6.04. The SMILES string of the molecule is C#Cc1c(F)ccc2cc(O)cc(-c3ncc4c(N5C[C@H]6CC[C@@H](C5)N6)nc(OCc5ccc(N6CCCC6)cn5)c(C)c4c3F)c12. The number of halogens is 2. The van der Waals surface area contributed by atoms with E-state index in [9.17, 15) is 9.50 Å². The van der Waals surface area contributed by atoms with Crippen molar-refractivity contribution >= 4 is 33.1 Å². The maximum atomic E-state index is 17.0. The van der Waals surface area contributed by atoms with Crippen LogP contribution in [-0.2, 0) is 6.61 Å². The number of ether oxygens (including phenoxy) is 1. The van der Waals surface area contributed by atoms with Crippen LogP contribution in [0, 0.1) is 30.9 Å². The van der Waals surface area contributed by atoms with E-state index in [4.69, 9.17) is 16.1 Å². The molecule has 0 amide bonds. The van der Waals surface area contributed by atoms with Crippen molar-refractivity contribution in [3.8, 4) is 35.2 Å². The van der Waals surface area contributed by atoms with Crippen LogP contribution in [0.25, 0.3) is 32.8 Å². The molecule has 0 radical (unpaired) electrons. The number of pyridine rings is 3. The summed E-state index contributed by atoms with van der Waals surface area (Å²) in [7, 11) is 0. The fourth-order valence-electron chi connectivity index (χ4n) is 7.47. The van der Waals surface area contributed by atoms with Crippen LogP contribution in [0.15, 0.2) is 48.8 Å². The second-order valence-electron chi connectivity index (χ2n) is 12.8. The van der Waals surface area contributed by atoms with Crippen LogP contribution in [-0.4, -0.2) is 58.3 Å². The Bertz CT molecular complexity index is 2060. The first-order chi connectivity index (χ1) is 22.9. The molecule has 3 saturated heterocycles. The summed E-state index contributed by atoms with van der Waals surface area (Å²) in [5.41, 5.74) is 2.47. The molecule has 0 unspecified atom stereocenters. The molecule has 3 fully saturated rings. The van der Waals surface area contributed by atoms with Crippen LogP contribution in [0.2, 0.25) is 0 Å². The lowest BCUT2D eigenvalue weighted by atomic mass is 9.95. The Balaban J connectivity index is 1.25. The maximum absolute atomic E-state index is 17.0. The molecule has 3 aliphatic heterocycles. The molecular weight excluding hydrogens is 598 g/mol. The fourth-order valence-corrected chi connectivity index (χ4v) is 7.47. The van der Waals surface area contributed by atoms with Crippen molar-refractivity contribution in [1.29, 1.82) is 0 Å². The molecule has 0 spiro atoms. The summed E-state index contributed by atoms with van der Waals surface area (Å²) in [4.78, 5) is 18.7. The minimum absolute atomic E-state index is 0.0190. The lowest BCUT2D eigenvalue weighted by Crippen LogP contribution is -2.51. The summed E-state index contributed by atoms with van der Waals surface area (Å²) in [5.74, 6) is 1.96. The van der Waals surface area contributed by atoms with E-state index >= 15 is 4.39 Å². The summed E-state index contributed by atoms with van der Waals surface area (Å²) in [6.45, 7) is 5.47. The first kappa shape index (κ1) is 29.4. The smallest absolute Gasteiger partial charge is 0.219 e. The highest BCUT2D eigenvalue weighted by Gasteiger charge is 2.34. The number of phenolic OH excluding ortho intramolecular Hbond substituents is 1. The van der Waals surface area contributed by atoms with E-state index in [0.29, 0.717) is 50.9 Å². The molecule has 5 aromatic rings. The molecule has 0 aliphatic carbocycles. The van der Waals surface area contributed by atoms with Gasteiger partial charge in [0.25, 0.3) is 0 Å². The van der Waals surface area contributed by atoms with E-state index in [-0.39, 0.29) is 29.2 Å². The Morgan fingerprint density at radius 1 is 1.00 bits per heavy atom. The van der Waals surface area contributed by atoms with Crippen LogP contribution in [0.4, 0.5) is 20.3 Å². The average molecular weight is 633 g/mol. The quantitative estimate of drug-likeness (QED) is 0.213. The lowest BCUT2D eigenvalue weighted by Gasteiger charge is -2.34. The first-order valence-electron chi connectivity index (χ1n) is 16.1. The fraction of sp³-hybridized carbons (Fsp3) is 0.324. The highest BCUT2D eigenvalue weighted by Crippen LogP contribution is 2.41. The molecular formula is C37H34F2N6O2. The van der Waals surface area contributed by atoms with E-state index in [1.807, 2.05) is 12.3 Å². The predicted octanol–water partition coefficient (Wildman–Crippen LogP) is 6.24. The van der Waals surface area contributed by atoms with Gasteiger partial charge in [0.2, 0.25) is 5.88 Å². The van der Waals surface area contributed by atoms with E-state index in [2.05, 4.69) is 37.1 Å². The Kier molecular flexibility index (Phi) is 7.29. The van der Waals surface area contributed by atoms with Gasteiger partial charge in [-0.15, -0.1) is 6.42 Å². The van der Waals surface area contributed by atoms with Gasteiger partial charge in [-0.2, -0.15) is 4.98 Å². The summed E-state index contributed by atoms with van der Waals surface area (Å²) in [6.07, 6.45) is 13.7. The number of hydrogen-bond acceptors (Lipinski definition) is 8. The highest BCUT2D eigenvalue weighted by atomic mass is 19.1. The second kappa shape index (κ2) is 11.7. The van der Waals surface area contributed by atoms with Gasteiger partial charge in [-0.05, 0) is 68.3 Å². The summed E-state index contributed by atoms with van der Waals surface area (Å²) in [6, 6.07) is 10.3. The molecule has 3 aromatic heterocycles. The molecule has 2 N–H and O–H groups in total. The largest absolute Gasteiger partial charge is 0.508 e. The monoisotopic (exact) mass is 632 g/mol. The van der Waals surface area contributed by atoms with Crippen molar-refractivity contribution < 1.29 is 18.6 Å². The predicted molar refractivity (Wildman–Crippen MR) is 179 cm³/mol. The number of rotatable bonds is 6. The van der Waals surface area contributed by atoms with Crippen LogP contribution in [0.5, 0.6) is 11.6 Å². The van der Waals surface area contributed by atoms with Crippen LogP contribution < -0.4 is 19.9 Å². The number of piperazine rings is 1. The number of aryl methyl sites for hydroxylation is 1. The van der Waals surface area contributed by atoms with Crippen LogP contribution in [0.3, 0.4) is 0 Å². The van der Waals surface area contributed by atoms with E-state index in [1.54, 1.807) is 13.1 Å². The van der Waals surface area contributed by atoms with Gasteiger partial charge in [-0.1, -0.05) is 12.0 Å². The van der Waals surface area contributed by atoms with Gasteiger partial charge in [-0.25, -0.2) is 8.78 Å². The van der Waals surface area contributed by atoms with Crippen LogP contribution >= 0.6 is 0 Å². The van der Waals surface area contributed by atoms with Gasteiger partial charge in [0, 0.05) is 71.7 Å². The number of nitrogens with zero attached hydrogens (tertiary/aromatic N) is 5. The van der Waals surface area contributed by atoms with Gasteiger partial charge in [0.05, 0.1) is 23.1 Å². The number of aromatic nitrogens is 3. The average Bonchev–Trinajstić information content (AvgIpc) is 3.74. The van der Waals surface area contributed by atoms with Crippen molar-refractivity contribution in [3.63, 3.8) is 0 Å². The van der Waals surface area contributed by atoms with Gasteiger partial charge in [0.15, 0.2) is 5.82 Å². The number of phenols is 1. The Morgan fingerprint density at radius 3 is 2.51 bits per heavy atom. The Labute approximate surface area is 271 Å². The first-order valence-corrected chi connectivity index (χ1v) is 16.1. The Morgan fingerprint density at radius 2 is 1.79 bits per heavy atom. The van der Waals surface area contributed by atoms with E-state index < -0.39 is 11.6 Å². The van der Waals surface area contributed by atoms with Gasteiger partial charge < -0.3 is 25.0 Å². The number of aromatic hydroxyl groups is 1. The molecule has 8 rings (SSSR count). The molecule has 2 bridgehead atoms. The molecule has 47 heavy (non-hydrogen) atoms. The zero-order valence-electron chi connectivity index (χ0n) is 26.1.